The van der Waals surface area contributed by atoms with Crippen molar-refractivity contribution in [3.8, 4) is 22.8 Å². The van der Waals surface area contributed by atoms with Crippen molar-refractivity contribution in [2.45, 2.75) is 13.8 Å². The fourth-order valence-electron chi connectivity index (χ4n) is 2.71. The third-order valence-corrected chi connectivity index (χ3v) is 3.97. The van der Waals surface area contributed by atoms with Crippen LogP contribution in [0.2, 0.25) is 0 Å². The van der Waals surface area contributed by atoms with Gasteiger partial charge in [0.2, 0.25) is 0 Å². The molecule has 0 atom stereocenters. The van der Waals surface area contributed by atoms with Gasteiger partial charge >= 0.3 is 5.97 Å². The highest BCUT2D eigenvalue weighted by molar-refractivity contribution is 6.04. The summed E-state index contributed by atoms with van der Waals surface area (Å²) in [7, 11) is 1.55. The predicted molar refractivity (Wildman–Crippen MR) is 96.6 cm³/mol. The lowest BCUT2D eigenvalue weighted by atomic mass is 10.0. The molecule has 3 aromatic rings. The van der Waals surface area contributed by atoms with Crippen molar-refractivity contribution < 1.29 is 19.4 Å². The highest BCUT2D eigenvalue weighted by atomic mass is 16.5. The molecule has 0 saturated heterocycles. The molecular weight excluding hydrogens is 318 g/mol. The van der Waals surface area contributed by atoms with E-state index in [2.05, 4.69) is 4.98 Å². The third kappa shape index (κ3) is 3.26. The number of aryl methyl sites for hydroxylation is 1. The van der Waals surface area contributed by atoms with Crippen LogP contribution in [-0.4, -0.2) is 29.8 Å². The summed E-state index contributed by atoms with van der Waals surface area (Å²) in [6.45, 7) is 4.32. The van der Waals surface area contributed by atoms with E-state index < -0.39 is 5.97 Å². The second-order valence-corrected chi connectivity index (χ2v) is 5.68. The molecule has 0 aliphatic heterocycles. The van der Waals surface area contributed by atoms with Crippen LogP contribution in [0, 0.1) is 6.92 Å². The van der Waals surface area contributed by atoms with E-state index in [0.717, 1.165) is 11.1 Å². The molecule has 25 heavy (non-hydrogen) atoms. The first-order chi connectivity index (χ1) is 12.0. The third-order valence-electron chi connectivity index (χ3n) is 3.97. The van der Waals surface area contributed by atoms with Crippen molar-refractivity contribution in [3.63, 3.8) is 0 Å². The molecule has 0 spiro atoms. The Balaban J connectivity index is 2.27. The van der Waals surface area contributed by atoms with E-state index in [4.69, 9.17) is 9.47 Å². The molecule has 128 valence electrons. The zero-order valence-corrected chi connectivity index (χ0v) is 14.4. The average Bonchev–Trinajstić information content (AvgIpc) is 2.61. The number of aromatic carboxylic acids is 1. The van der Waals surface area contributed by atoms with Crippen LogP contribution >= 0.6 is 0 Å². The van der Waals surface area contributed by atoms with Crippen LogP contribution in [0.1, 0.15) is 22.8 Å². The smallest absolute Gasteiger partial charge is 0.336 e. The summed E-state index contributed by atoms with van der Waals surface area (Å²) >= 11 is 0. The number of fused-ring (bicyclic) bond motifs is 1. The Bertz CT molecular complexity index is 933. The maximum Gasteiger partial charge on any atom is 0.336 e. The number of carboxylic acids is 1. The van der Waals surface area contributed by atoms with E-state index in [1.54, 1.807) is 25.3 Å². The van der Waals surface area contributed by atoms with Crippen LogP contribution in [0.4, 0.5) is 0 Å². The van der Waals surface area contributed by atoms with Gasteiger partial charge in [0.1, 0.15) is 0 Å². The van der Waals surface area contributed by atoms with E-state index in [1.165, 1.54) is 0 Å². The molecule has 2 aromatic carbocycles. The number of hydrogen-bond acceptors (Lipinski definition) is 4. The zero-order valence-electron chi connectivity index (χ0n) is 14.4. The monoisotopic (exact) mass is 337 g/mol. The second-order valence-electron chi connectivity index (χ2n) is 5.68. The average molecular weight is 337 g/mol. The lowest BCUT2D eigenvalue weighted by Gasteiger charge is -2.13. The molecule has 1 N–H and O–H groups in total. The van der Waals surface area contributed by atoms with Crippen molar-refractivity contribution >= 4 is 16.9 Å². The van der Waals surface area contributed by atoms with Crippen LogP contribution in [-0.2, 0) is 0 Å². The maximum absolute atomic E-state index is 11.8. The molecule has 3 rings (SSSR count). The van der Waals surface area contributed by atoms with Gasteiger partial charge in [-0.05, 0) is 26.0 Å². The molecule has 5 nitrogen and oxygen atoms in total. The molecule has 1 heterocycles. The zero-order chi connectivity index (χ0) is 18.0. The number of nitrogens with zero attached hydrogens (tertiary/aromatic N) is 1. The molecule has 1 aromatic heterocycles. The van der Waals surface area contributed by atoms with Crippen LogP contribution in [0.3, 0.4) is 0 Å². The van der Waals surface area contributed by atoms with Gasteiger partial charge in [0, 0.05) is 17.0 Å². The first-order valence-corrected chi connectivity index (χ1v) is 7.99. The minimum Gasteiger partial charge on any atom is -0.493 e. The molecule has 0 unspecified atom stereocenters. The SMILES string of the molecule is CCOc1cc2c(C(=O)O)cc(-c3ccc(C)cc3)nc2cc1OC. The number of carboxylic acid groups (broad SMARTS) is 1. The Labute approximate surface area is 145 Å². The van der Waals surface area contributed by atoms with E-state index in [0.29, 0.717) is 34.7 Å². The summed E-state index contributed by atoms with van der Waals surface area (Å²) in [5.41, 5.74) is 3.34. The van der Waals surface area contributed by atoms with Gasteiger partial charge in [0.25, 0.3) is 0 Å². The molecule has 0 saturated carbocycles. The summed E-state index contributed by atoms with van der Waals surface area (Å²) in [5, 5.41) is 10.2. The minimum absolute atomic E-state index is 0.184. The van der Waals surface area contributed by atoms with Gasteiger partial charge in [-0.15, -0.1) is 0 Å². The summed E-state index contributed by atoms with van der Waals surface area (Å²) in [6.07, 6.45) is 0. The molecule has 0 radical (unpaired) electrons. The fourth-order valence-corrected chi connectivity index (χ4v) is 2.71. The fraction of sp³-hybridized carbons (Fsp3) is 0.200. The number of aromatic nitrogens is 1. The summed E-state index contributed by atoms with van der Waals surface area (Å²) in [6, 6.07) is 12.8. The molecule has 0 aliphatic carbocycles. The van der Waals surface area contributed by atoms with Gasteiger partial charge < -0.3 is 14.6 Å². The molecule has 0 amide bonds. The van der Waals surface area contributed by atoms with Crippen LogP contribution in [0.5, 0.6) is 11.5 Å². The quantitative estimate of drug-likeness (QED) is 0.751. The van der Waals surface area contributed by atoms with Gasteiger partial charge in [-0.2, -0.15) is 0 Å². The molecular formula is C20H19NO4. The van der Waals surface area contributed by atoms with E-state index in [1.807, 2.05) is 38.1 Å². The van der Waals surface area contributed by atoms with Gasteiger partial charge in [-0.1, -0.05) is 29.8 Å². The van der Waals surface area contributed by atoms with Crippen molar-refractivity contribution in [2.24, 2.45) is 0 Å². The lowest BCUT2D eigenvalue weighted by molar-refractivity contribution is 0.0699. The topological polar surface area (TPSA) is 68.7 Å². The van der Waals surface area contributed by atoms with Crippen molar-refractivity contribution in [2.75, 3.05) is 13.7 Å². The van der Waals surface area contributed by atoms with E-state index in [9.17, 15) is 9.90 Å². The van der Waals surface area contributed by atoms with Gasteiger partial charge in [0.05, 0.1) is 30.5 Å². The molecule has 0 aliphatic rings. The Morgan fingerprint density at radius 2 is 1.84 bits per heavy atom. The maximum atomic E-state index is 11.8. The van der Waals surface area contributed by atoms with Crippen LogP contribution < -0.4 is 9.47 Å². The number of benzene rings is 2. The molecule has 0 fully saturated rings. The van der Waals surface area contributed by atoms with Crippen LogP contribution in [0.15, 0.2) is 42.5 Å². The van der Waals surface area contributed by atoms with Gasteiger partial charge in [-0.25, -0.2) is 9.78 Å². The lowest BCUT2D eigenvalue weighted by Crippen LogP contribution is -2.02. The number of pyridine rings is 1. The summed E-state index contributed by atoms with van der Waals surface area (Å²) < 4.78 is 10.9. The minimum atomic E-state index is -1.01. The first kappa shape index (κ1) is 16.8. The summed E-state index contributed by atoms with van der Waals surface area (Å²) in [5.74, 6) is 0.0255. The van der Waals surface area contributed by atoms with Crippen LogP contribution in [0.25, 0.3) is 22.2 Å². The highest BCUT2D eigenvalue weighted by Gasteiger charge is 2.16. The van der Waals surface area contributed by atoms with E-state index in [-0.39, 0.29) is 5.56 Å². The number of methoxy groups -OCH3 is 1. The number of ether oxygens (including phenoxy) is 2. The summed E-state index contributed by atoms with van der Waals surface area (Å²) in [4.78, 5) is 16.4. The number of carbonyl (C=O) groups is 1. The largest absolute Gasteiger partial charge is 0.493 e. The van der Waals surface area contributed by atoms with Crippen molar-refractivity contribution in [1.82, 2.24) is 4.98 Å². The highest BCUT2D eigenvalue weighted by Crippen LogP contribution is 2.35. The van der Waals surface area contributed by atoms with Gasteiger partial charge in [-0.3, -0.25) is 0 Å². The second kappa shape index (κ2) is 6.81. The Kier molecular flexibility index (Phi) is 4.57. The van der Waals surface area contributed by atoms with Crippen molar-refractivity contribution in [3.05, 3.63) is 53.6 Å². The molecule has 5 heteroatoms. The number of hydrogen-bond donors (Lipinski definition) is 1. The van der Waals surface area contributed by atoms with Crippen molar-refractivity contribution in [1.29, 1.82) is 0 Å². The van der Waals surface area contributed by atoms with E-state index >= 15 is 0 Å². The van der Waals surface area contributed by atoms with Gasteiger partial charge in [0.15, 0.2) is 11.5 Å². The number of rotatable bonds is 5. The predicted octanol–water partition coefficient (Wildman–Crippen LogP) is 4.32. The molecule has 0 bridgehead atoms. The standard InChI is InChI=1S/C20H19NO4/c1-4-25-19-10-14-15(20(22)23)9-16(13-7-5-12(2)6-8-13)21-17(14)11-18(19)24-3/h5-11H,4H2,1-3H3,(H,22,23). The Hall–Kier alpha value is -3.08. The first-order valence-electron chi connectivity index (χ1n) is 7.99. The normalized spacial score (nSPS) is 10.7. The Morgan fingerprint density at radius 3 is 2.44 bits per heavy atom. The Morgan fingerprint density at radius 1 is 1.12 bits per heavy atom.